The van der Waals surface area contributed by atoms with Gasteiger partial charge in [-0.2, -0.15) is 0 Å². The van der Waals surface area contributed by atoms with Crippen molar-refractivity contribution in [3.05, 3.63) is 65.2 Å². The monoisotopic (exact) mass is 366 g/mol. The predicted molar refractivity (Wildman–Crippen MR) is 109 cm³/mol. The third-order valence-electron chi connectivity index (χ3n) is 5.22. The van der Waals surface area contributed by atoms with E-state index < -0.39 is 0 Å². The van der Waals surface area contributed by atoms with Crippen LogP contribution in [-0.4, -0.2) is 37.6 Å². The van der Waals surface area contributed by atoms with E-state index in [1.54, 1.807) is 7.11 Å². The number of hydrogen-bond donors (Lipinski definition) is 1. The first-order chi connectivity index (χ1) is 13.1. The maximum absolute atomic E-state index is 12.3. The zero-order valence-corrected chi connectivity index (χ0v) is 16.4. The zero-order chi connectivity index (χ0) is 19.1. The van der Waals surface area contributed by atoms with Crippen molar-refractivity contribution >= 4 is 5.91 Å². The number of benzene rings is 2. The lowest BCUT2D eigenvalue weighted by molar-refractivity contribution is 0.0954. The summed E-state index contributed by atoms with van der Waals surface area (Å²) < 4.78 is 5.16. The molecule has 144 valence electrons. The molecule has 3 rings (SSSR count). The molecule has 2 aromatic carbocycles. The Morgan fingerprint density at radius 3 is 2.48 bits per heavy atom. The van der Waals surface area contributed by atoms with Crippen LogP contribution in [0.3, 0.4) is 0 Å². The second-order valence-corrected chi connectivity index (χ2v) is 7.53. The second kappa shape index (κ2) is 9.56. The second-order valence-electron chi connectivity index (χ2n) is 7.53. The molecule has 1 aliphatic heterocycles. The lowest BCUT2D eigenvalue weighted by Gasteiger charge is -2.30. The lowest BCUT2D eigenvalue weighted by Crippen LogP contribution is -2.33. The summed E-state index contributed by atoms with van der Waals surface area (Å²) in [5.74, 6) is 1.62. The van der Waals surface area contributed by atoms with E-state index in [2.05, 4.69) is 29.3 Å². The van der Waals surface area contributed by atoms with Gasteiger partial charge in [0.15, 0.2) is 0 Å². The first kappa shape index (κ1) is 19.4. The van der Waals surface area contributed by atoms with Gasteiger partial charge in [-0.05, 0) is 67.1 Å². The van der Waals surface area contributed by atoms with E-state index >= 15 is 0 Å². The van der Waals surface area contributed by atoms with Crippen molar-refractivity contribution in [2.75, 3.05) is 26.7 Å². The van der Waals surface area contributed by atoms with E-state index in [-0.39, 0.29) is 5.91 Å². The summed E-state index contributed by atoms with van der Waals surface area (Å²) in [7, 11) is 1.66. The van der Waals surface area contributed by atoms with Gasteiger partial charge in [-0.25, -0.2) is 0 Å². The van der Waals surface area contributed by atoms with E-state index in [1.165, 1.54) is 37.1 Å². The molecule has 1 fully saturated rings. The van der Waals surface area contributed by atoms with Crippen LogP contribution >= 0.6 is 0 Å². The van der Waals surface area contributed by atoms with Gasteiger partial charge in [0.2, 0.25) is 0 Å². The molecule has 1 saturated heterocycles. The number of carbonyl (C=O) groups excluding carboxylic acids is 1. The molecular formula is C23H30N2O2. The SMILES string of the molecule is COc1ccc(CCNC(=O)c2ccc(CN3CCC[C@@H](C)C3)cc2)cc1. The highest BCUT2D eigenvalue weighted by molar-refractivity contribution is 5.94. The van der Waals surface area contributed by atoms with Gasteiger partial charge in [-0.3, -0.25) is 9.69 Å². The van der Waals surface area contributed by atoms with Crippen LogP contribution in [0.4, 0.5) is 0 Å². The molecule has 0 saturated carbocycles. The number of rotatable bonds is 7. The van der Waals surface area contributed by atoms with Gasteiger partial charge in [0.05, 0.1) is 7.11 Å². The number of nitrogens with one attached hydrogen (secondary N) is 1. The number of methoxy groups -OCH3 is 1. The van der Waals surface area contributed by atoms with Crippen molar-refractivity contribution in [2.24, 2.45) is 5.92 Å². The van der Waals surface area contributed by atoms with Gasteiger partial charge in [0.1, 0.15) is 5.75 Å². The Hall–Kier alpha value is -2.33. The average Bonchev–Trinajstić information content (AvgIpc) is 2.69. The number of piperidine rings is 1. The third-order valence-corrected chi connectivity index (χ3v) is 5.22. The maximum atomic E-state index is 12.3. The van der Waals surface area contributed by atoms with Crippen molar-refractivity contribution in [3.63, 3.8) is 0 Å². The summed E-state index contributed by atoms with van der Waals surface area (Å²) in [5.41, 5.74) is 3.18. The first-order valence-electron chi connectivity index (χ1n) is 9.86. The van der Waals surface area contributed by atoms with E-state index in [0.29, 0.717) is 6.54 Å². The normalized spacial score (nSPS) is 17.5. The van der Waals surface area contributed by atoms with E-state index in [4.69, 9.17) is 4.74 Å². The molecule has 4 heteroatoms. The molecule has 1 aliphatic rings. The first-order valence-corrected chi connectivity index (χ1v) is 9.86. The van der Waals surface area contributed by atoms with Crippen molar-refractivity contribution in [1.82, 2.24) is 10.2 Å². The molecule has 0 bridgehead atoms. The molecule has 0 unspecified atom stereocenters. The van der Waals surface area contributed by atoms with Crippen LogP contribution in [-0.2, 0) is 13.0 Å². The van der Waals surface area contributed by atoms with Crippen molar-refractivity contribution in [1.29, 1.82) is 0 Å². The summed E-state index contributed by atoms with van der Waals surface area (Å²) in [6.07, 6.45) is 3.43. The van der Waals surface area contributed by atoms with Gasteiger partial charge in [0.25, 0.3) is 5.91 Å². The number of carbonyl (C=O) groups is 1. The quantitative estimate of drug-likeness (QED) is 0.808. The van der Waals surface area contributed by atoms with Gasteiger partial charge < -0.3 is 10.1 Å². The van der Waals surface area contributed by atoms with Crippen LogP contribution in [0.15, 0.2) is 48.5 Å². The third kappa shape index (κ3) is 5.83. The molecule has 1 atom stereocenters. The highest BCUT2D eigenvalue weighted by Crippen LogP contribution is 2.18. The molecule has 0 aliphatic carbocycles. The highest BCUT2D eigenvalue weighted by atomic mass is 16.5. The smallest absolute Gasteiger partial charge is 0.251 e. The minimum atomic E-state index is -0.0124. The lowest BCUT2D eigenvalue weighted by atomic mass is 9.99. The van der Waals surface area contributed by atoms with E-state index in [1.807, 2.05) is 36.4 Å². The summed E-state index contributed by atoms with van der Waals surface area (Å²) in [4.78, 5) is 14.9. The molecule has 0 aromatic heterocycles. The summed E-state index contributed by atoms with van der Waals surface area (Å²) in [6.45, 7) is 6.28. The van der Waals surface area contributed by atoms with Crippen molar-refractivity contribution < 1.29 is 9.53 Å². The molecule has 0 radical (unpaired) electrons. The Kier molecular flexibility index (Phi) is 6.88. The number of ether oxygens (including phenoxy) is 1. The van der Waals surface area contributed by atoms with E-state index in [0.717, 1.165) is 30.2 Å². The Balaban J connectivity index is 1.45. The van der Waals surface area contributed by atoms with Gasteiger partial charge in [-0.1, -0.05) is 31.2 Å². The molecule has 2 aromatic rings. The van der Waals surface area contributed by atoms with Crippen LogP contribution in [0, 0.1) is 5.92 Å². The Morgan fingerprint density at radius 1 is 1.11 bits per heavy atom. The molecule has 4 nitrogen and oxygen atoms in total. The largest absolute Gasteiger partial charge is 0.497 e. The molecule has 27 heavy (non-hydrogen) atoms. The number of hydrogen-bond acceptors (Lipinski definition) is 3. The number of nitrogens with zero attached hydrogens (tertiary/aromatic N) is 1. The topological polar surface area (TPSA) is 41.6 Å². The summed E-state index contributed by atoms with van der Waals surface area (Å²) in [5, 5.41) is 3.00. The molecular weight excluding hydrogens is 336 g/mol. The standard InChI is InChI=1S/C23H30N2O2/c1-18-4-3-15-25(16-18)17-20-5-9-21(10-6-20)23(26)24-14-13-19-7-11-22(27-2)12-8-19/h5-12,18H,3-4,13-17H2,1-2H3,(H,24,26)/t18-/m1/s1. The fraction of sp³-hybridized carbons (Fsp3) is 0.435. The molecule has 0 spiro atoms. The van der Waals surface area contributed by atoms with Crippen LogP contribution in [0.5, 0.6) is 5.75 Å². The van der Waals surface area contributed by atoms with Gasteiger partial charge in [-0.15, -0.1) is 0 Å². The molecule has 1 N–H and O–H groups in total. The highest BCUT2D eigenvalue weighted by Gasteiger charge is 2.16. The summed E-state index contributed by atoms with van der Waals surface area (Å²) in [6, 6.07) is 16.0. The van der Waals surface area contributed by atoms with Crippen LogP contribution in [0.1, 0.15) is 41.3 Å². The fourth-order valence-corrected chi connectivity index (χ4v) is 3.66. The zero-order valence-electron chi connectivity index (χ0n) is 16.4. The number of likely N-dealkylation sites (tertiary alicyclic amines) is 1. The van der Waals surface area contributed by atoms with Gasteiger partial charge in [0, 0.05) is 25.2 Å². The minimum absolute atomic E-state index is 0.0124. The number of amides is 1. The Morgan fingerprint density at radius 2 is 1.81 bits per heavy atom. The Bertz CT molecular complexity index is 725. The predicted octanol–water partition coefficient (Wildman–Crippen LogP) is 3.90. The Labute approximate surface area is 162 Å². The summed E-state index contributed by atoms with van der Waals surface area (Å²) >= 11 is 0. The maximum Gasteiger partial charge on any atom is 0.251 e. The van der Waals surface area contributed by atoms with Crippen molar-refractivity contribution in [2.45, 2.75) is 32.7 Å². The fourth-order valence-electron chi connectivity index (χ4n) is 3.66. The molecule has 1 heterocycles. The van der Waals surface area contributed by atoms with Crippen LogP contribution in [0.25, 0.3) is 0 Å². The van der Waals surface area contributed by atoms with Gasteiger partial charge >= 0.3 is 0 Å². The van der Waals surface area contributed by atoms with Crippen molar-refractivity contribution in [3.8, 4) is 5.75 Å². The van der Waals surface area contributed by atoms with E-state index in [9.17, 15) is 4.79 Å². The molecule has 1 amide bonds. The average molecular weight is 367 g/mol. The minimum Gasteiger partial charge on any atom is -0.497 e. The van der Waals surface area contributed by atoms with Crippen LogP contribution < -0.4 is 10.1 Å². The van der Waals surface area contributed by atoms with Crippen LogP contribution in [0.2, 0.25) is 0 Å².